The minimum atomic E-state index is -0.591. The van der Waals surface area contributed by atoms with Gasteiger partial charge in [-0.05, 0) is 25.0 Å². The number of nitrogens with zero attached hydrogens (tertiary/aromatic N) is 1. The van der Waals surface area contributed by atoms with E-state index < -0.39 is 10.8 Å². The van der Waals surface area contributed by atoms with Crippen LogP contribution in [0.1, 0.15) is 23.2 Å². The Morgan fingerprint density at radius 1 is 1.50 bits per heavy atom. The van der Waals surface area contributed by atoms with Crippen molar-refractivity contribution in [3.8, 4) is 0 Å². The number of rotatable bonds is 4. The molecule has 0 saturated carbocycles. The zero-order valence-electron chi connectivity index (χ0n) is 10.8. The van der Waals surface area contributed by atoms with Crippen LogP contribution < -0.4 is 16.6 Å². The fourth-order valence-corrected chi connectivity index (χ4v) is 2.08. The summed E-state index contributed by atoms with van der Waals surface area (Å²) in [6.45, 7) is 1.10. The van der Waals surface area contributed by atoms with Crippen LogP contribution in [0.25, 0.3) is 0 Å². The van der Waals surface area contributed by atoms with Crippen molar-refractivity contribution in [1.29, 1.82) is 0 Å². The van der Waals surface area contributed by atoms with Gasteiger partial charge in [-0.2, -0.15) is 0 Å². The molecule has 108 valence electrons. The lowest BCUT2D eigenvalue weighted by Gasteiger charge is -2.23. The molecular weight excluding hydrogens is 264 g/mol. The van der Waals surface area contributed by atoms with E-state index in [2.05, 4.69) is 10.7 Å². The zero-order chi connectivity index (χ0) is 14.5. The number of amides is 1. The highest BCUT2D eigenvalue weighted by atomic mass is 16.6. The van der Waals surface area contributed by atoms with Crippen LogP contribution in [0.4, 0.5) is 11.4 Å². The minimum Gasteiger partial charge on any atom is -0.379 e. The van der Waals surface area contributed by atoms with Crippen LogP contribution in [-0.2, 0) is 4.74 Å². The van der Waals surface area contributed by atoms with Gasteiger partial charge in [-0.1, -0.05) is 0 Å². The molecule has 1 fully saturated rings. The van der Waals surface area contributed by atoms with Crippen molar-refractivity contribution in [2.75, 3.05) is 18.6 Å². The van der Waals surface area contributed by atoms with Gasteiger partial charge in [0.05, 0.1) is 17.6 Å². The van der Waals surface area contributed by atoms with E-state index in [0.29, 0.717) is 18.9 Å². The number of carbonyl (C=O) groups excluding carboxylic acids is 1. The topological polar surface area (TPSA) is 120 Å². The number of benzene rings is 1. The van der Waals surface area contributed by atoms with Crippen molar-refractivity contribution in [2.24, 2.45) is 5.84 Å². The molecule has 0 bridgehead atoms. The molecule has 8 nitrogen and oxygen atoms in total. The molecule has 1 amide bonds. The average molecular weight is 280 g/mol. The molecular formula is C12H16N4O4. The molecule has 4 N–H and O–H groups in total. The third-order valence-corrected chi connectivity index (χ3v) is 3.10. The van der Waals surface area contributed by atoms with Gasteiger partial charge in [0.15, 0.2) is 0 Å². The fraction of sp³-hybridized carbons (Fsp3) is 0.417. The zero-order valence-corrected chi connectivity index (χ0v) is 10.8. The van der Waals surface area contributed by atoms with Crippen LogP contribution in [0.5, 0.6) is 0 Å². The number of anilines is 1. The maximum atomic E-state index is 12.2. The Hall–Kier alpha value is -2.19. The van der Waals surface area contributed by atoms with Crippen LogP contribution >= 0.6 is 0 Å². The summed E-state index contributed by atoms with van der Waals surface area (Å²) in [5.41, 5.74) is 2.53. The molecule has 8 heteroatoms. The first kappa shape index (κ1) is 14.2. The lowest BCUT2D eigenvalue weighted by molar-refractivity contribution is -0.385. The van der Waals surface area contributed by atoms with Crippen LogP contribution in [-0.4, -0.2) is 30.1 Å². The Morgan fingerprint density at radius 2 is 2.30 bits per heavy atom. The maximum absolute atomic E-state index is 12.2. The van der Waals surface area contributed by atoms with Crippen molar-refractivity contribution >= 4 is 17.3 Å². The van der Waals surface area contributed by atoms with E-state index in [1.807, 2.05) is 0 Å². The SMILES string of the molecule is NNc1ccc([N+](=O)[O-])c(C(=O)NC2CCCOC2)c1. The summed E-state index contributed by atoms with van der Waals surface area (Å²) in [7, 11) is 0. The van der Waals surface area contributed by atoms with E-state index in [0.717, 1.165) is 12.8 Å². The molecule has 0 spiro atoms. The van der Waals surface area contributed by atoms with E-state index in [1.54, 1.807) is 0 Å². The summed E-state index contributed by atoms with van der Waals surface area (Å²) in [4.78, 5) is 22.5. The van der Waals surface area contributed by atoms with Crippen molar-refractivity contribution in [1.82, 2.24) is 5.32 Å². The number of nitrogen functional groups attached to an aromatic ring is 1. The number of nitrogens with two attached hydrogens (primary N) is 1. The predicted octanol–water partition coefficient (Wildman–Crippen LogP) is 0.789. The molecule has 1 aliphatic heterocycles. The second-order valence-electron chi connectivity index (χ2n) is 4.52. The molecule has 1 unspecified atom stereocenters. The summed E-state index contributed by atoms with van der Waals surface area (Å²) >= 11 is 0. The summed E-state index contributed by atoms with van der Waals surface area (Å²) in [5.74, 6) is 4.76. The first-order chi connectivity index (χ1) is 9.61. The van der Waals surface area contributed by atoms with Crippen molar-refractivity contribution in [3.63, 3.8) is 0 Å². The Bertz CT molecular complexity index is 514. The third-order valence-electron chi connectivity index (χ3n) is 3.10. The van der Waals surface area contributed by atoms with Crippen molar-refractivity contribution < 1.29 is 14.5 Å². The molecule has 20 heavy (non-hydrogen) atoms. The summed E-state index contributed by atoms with van der Waals surface area (Å²) in [5, 5.41) is 13.7. The predicted molar refractivity (Wildman–Crippen MR) is 72.2 cm³/mol. The lowest BCUT2D eigenvalue weighted by atomic mass is 10.1. The Morgan fingerprint density at radius 3 is 2.90 bits per heavy atom. The van der Waals surface area contributed by atoms with E-state index in [-0.39, 0.29) is 17.3 Å². The summed E-state index contributed by atoms with van der Waals surface area (Å²) in [6, 6.07) is 3.93. The van der Waals surface area contributed by atoms with Gasteiger partial charge in [0.1, 0.15) is 5.56 Å². The van der Waals surface area contributed by atoms with E-state index in [1.165, 1.54) is 18.2 Å². The van der Waals surface area contributed by atoms with E-state index in [4.69, 9.17) is 10.6 Å². The molecule has 1 saturated heterocycles. The molecule has 0 aliphatic carbocycles. The van der Waals surface area contributed by atoms with Crippen LogP contribution in [0, 0.1) is 10.1 Å². The maximum Gasteiger partial charge on any atom is 0.282 e. The van der Waals surface area contributed by atoms with Gasteiger partial charge in [0, 0.05) is 18.4 Å². The normalized spacial score (nSPS) is 18.4. The summed E-state index contributed by atoms with van der Waals surface area (Å²) < 4.78 is 5.26. The van der Waals surface area contributed by atoms with Gasteiger partial charge in [0.2, 0.25) is 0 Å². The number of hydrogen-bond acceptors (Lipinski definition) is 6. The number of hydrogen-bond donors (Lipinski definition) is 3. The Balaban J connectivity index is 2.20. The standard InChI is InChI=1S/C12H16N4O4/c13-15-8-3-4-11(16(18)19)10(6-8)12(17)14-9-2-1-5-20-7-9/h3-4,6,9,15H,1-2,5,7,13H2,(H,14,17). The first-order valence-electron chi connectivity index (χ1n) is 6.25. The molecule has 1 aromatic carbocycles. The van der Waals surface area contributed by atoms with Crippen LogP contribution in [0.2, 0.25) is 0 Å². The first-order valence-corrected chi connectivity index (χ1v) is 6.25. The Kier molecular flexibility index (Phi) is 4.49. The number of carbonyl (C=O) groups is 1. The number of nitrogens with one attached hydrogen (secondary N) is 2. The van der Waals surface area contributed by atoms with Crippen LogP contribution in [0.15, 0.2) is 18.2 Å². The molecule has 1 heterocycles. The molecule has 1 aromatic rings. The average Bonchev–Trinajstić information content (AvgIpc) is 2.47. The number of hydrazine groups is 1. The quantitative estimate of drug-likeness (QED) is 0.426. The van der Waals surface area contributed by atoms with Gasteiger partial charge in [0.25, 0.3) is 11.6 Å². The van der Waals surface area contributed by atoms with Gasteiger partial charge in [-0.3, -0.25) is 20.8 Å². The highest BCUT2D eigenvalue weighted by Gasteiger charge is 2.23. The minimum absolute atomic E-state index is 0.0176. The number of nitro benzene ring substituents is 1. The van der Waals surface area contributed by atoms with Gasteiger partial charge >= 0.3 is 0 Å². The number of nitro groups is 1. The molecule has 1 atom stereocenters. The Labute approximate surface area is 115 Å². The largest absolute Gasteiger partial charge is 0.379 e. The third kappa shape index (κ3) is 3.22. The summed E-state index contributed by atoms with van der Waals surface area (Å²) in [6.07, 6.45) is 1.66. The second-order valence-corrected chi connectivity index (χ2v) is 4.52. The highest BCUT2D eigenvalue weighted by molar-refractivity contribution is 5.99. The van der Waals surface area contributed by atoms with E-state index >= 15 is 0 Å². The van der Waals surface area contributed by atoms with Crippen molar-refractivity contribution in [3.05, 3.63) is 33.9 Å². The highest BCUT2D eigenvalue weighted by Crippen LogP contribution is 2.22. The van der Waals surface area contributed by atoms with Crippen molar-refractivity contribution in [2.45, 2.75) is 18.9 Å². The smallest absolute Gasteiger partial charge is 0.282 e. The monoisotopic (exact) mass is 280 g/mol. The molecule has 0 aromatic heterocycles. The molecule has 2 rings (SSSR count). The molecule has 1 aliphatic rings. The van der Waals surface area contributed by atoms with Gasteiger partial charge in [-0.15, -0.1) is 0 Å². The van der Waals surface area contributed by atoms with E-state index in [9.17, 15) is 14.9 Å². The fourth-order valence-electron chi connectivity index (χ4n) is 2.08. The van der Waals surface area contributed by atoms with Gasteiger partial charge in [-0.25, -0.2) is 0 Å². The van der Waals surface area contributed by atoms with Crippen LogP contribution in [0.3, 0.4) is 0 Å². The van der Waals surface area contributed by atoms with Gasteiger partial charge < -0.3 is 15.5 Å². The lowest BCUT2D eigenvalue weighted by Crippen LogP contribution is -2.40. The second kappa shape index (κ2) is 6.31. The molecule has 0 radical (unpaired) electrons. The number of ether oxygens (including phenoxy) is 1.